The fourth-order valence-corrected chi connectivity index (χ4v) is 3.27. The highest BCUT2D eigenvalue weighted by atomic mass is 32.2. The van der Waals surface area contributed by atoms with E-state index in [1.807, 2.05) is 30.3 Å². The average molecular weight is 350 g/mol. The highest BCUT2D eigenvalue weighted by Gasteiger charge is 2.39. The number of nitrogens with zero attached hydrogens (tertiary/aromatic N) is 1. The molecule has 3 rings (SSSR count). The van der Waals surface area contributed by atoms with Crippen LogP contribution >= 0.6 is 11.8 Å². The lowest BCUT2D eigenvalue weighted by Crippen LogP contribution is -2.22. The van der Waals surface area contributed by atoms with E-state index in [2.05, 4.69) is 5.10 Å². The Kier molecular flexibility index (Phi) is 4.53. The third-order valence-corrected chi connectivity index (χ3v) is 4.44. The van der Waals surface area contributed by atoms with Crippen LogP contribution < -0.4 is 5.56 Å². The molecule has 0 saturated heterocycles. The van der Waals surface area contributed by atoms with Crippen LogP contribution in [0, 0.1) is 0 Å². The van der Waals surface area contributed by atoms with Crippen molar-refractivity contribution in [1.82, 2.24) is 9.78 Å². The van der Waals surface area contributed by atoms with Gasteiger partial charge in [0.05, 0.1) is 5.69 Å². The zero-order valence-electron chi connectivity index (χ0n) is 12.4. The first-order valence-corrected chi connectivity index (χ1v) is 8.10. The first kappa shape index (κ1) is 16.4. The van der Waals surface area contributed by atoms with Crippen LogP contribution in [0.3, 0.4) is 0 Å². The molecule has 124 valence electrons. The lowest BCUT2D eigenvalue weighted by Gasteiger charge is -2.05. The summed E-state index contributed by atoms with van der Waals surface area (Å²) in [6, 6.07) is 17.3. The molecule has 7 heteroatoms. The van der Waals surface area contributed by atoms with Crippen molar-refractivity contribution < 1.29 is 13.2 Å². The number of halogens is 3. The summed E-state index contributed by atoms with van der Waals surface area (Å²) >= 11 is 0.960. The van der Waals surface area contributed by atoms with Gasteiger partial charge in [0.1, 0.15) is 5.03 Å². The molecule has 0 amide bonds. The van der Waals surface area contributed by atoms with Crippen LogP contribution in [0.1, 0.15) is 11.1 Å². The number of H-pyrrole nitrogens is 1. The molecule has 0 unspecified atom stereocenters. The summed E-state index contributed by atoms with van der Waals surface area (Å²) in [6.45, 7) is 0. The molecule has 0 spiro atoms. The van der Waals surface area contributed by atoms with Crippen molar-refractivity contribution >= 4 is 11.8 Å². The summed E-state index contributed by atoms with van der Waals surface area (Å²) in [4.78, 5) is 12.2. The van der Waals surface area contributed by atoms with Crippen molar-refractivity contribution in [3.63, 3.8) is 0 Å². The van der Waals surface area contributed by atoms with Gasteiger partial charge in [-0.25, -0.2) is 4.68 Å². The molecule has 0 bridgehead atoms. The Morgan fingerprint density at radius 1 is 0.958 bits per heavy atom. The maximum Gasteiger partial charge on any atom is 0.424 e. The van der Waals surface area contributed by atoms with Crippen molar-refractivity contribution in [2.45, 2.75) is 17.0 Å². The number of aromatic amines is 1. The van der Waals surface area contributed by atoms with E-state index in [1.54, 1.807) is 30.3 Å². The zero-order chi connectivity index (χ0) is 17.2. The highest BCUT2D eigenvalue weighted by Crippen LogP contribution is 2.35. The van der Waals surface area contributed by atoms with Crippen molar-refractivity contribution in [1.29, 1.82) is 0 Å². The number of hydrogen-bond donors (Lipinski definition) is 1. The monoisotopic (exact) mass is 350 g/mol. The number of para-hydroxylation sites is 1. The summed E-state index contributed by atoms with van der Waals surface area (Å²) < 4.78 is 40.9. The molecule has 3 nitrogen and oxygen atoms in total. The van der Waals surface area contributed by atoms with Gasteiger partial charge in [-0.05, 0) is 17.7 Å². The lowest BCUT2D eigenvalue weighted by atomic mass is 10.2. The van der Waals surface area contributed by atoms with Crippen molar-refractivity contribution in [2.24, 2.45) is 0 Å². The minimum Gasteiger partial charge on any atom is -0.284 e. The number of rotatable bonds is 4. The van der Waals surface area contributed by atoms with E-state index in [4.69, 9.17) is 0 Å². The second kappa shape index (κ2) is 6.60. The fraction of sp³-hybridized carbons (Fsp3) is 0.118. The lowest BCUT2D eigenvalue weighted by molar-refractivity contribution is -0.140. The molecule has 1 heterocycles. The quantitative estimate of drug-likeness (QED) is 0.705. The zero-order valence-corrected chi connectivity index (χ0v) is 13.2. The van der Waals surface area contributed by atoms with Gasteiger partial charge in [-0.3, -0.25) is 9.89 Å². The molecule has 0 saturated carbocycles. The van der Waals surface area contributed by atoms with Crippen LogP contribution in [0.25, 0.3) is 5.69 Å². The number of nitrogens with one attached hydrogen (secondary N) is 1. The largest absolute Gasteiger partial charge is 0.424 e. The normalized spacial score (nSPS) is 11.6. The predicted molar refractivity (Wildman–Crippen MR) is 87.4 cm³/mol. The molecule has 1 aromatic heterocycles. The molecule has 2 aromatic carbocycles. The molecule has 1 N–H and O–H groups in total. The van der Waals surface area contributed by atoms with Crippen LogP contribution in [0.2, 0.25) is 0 Å². The number of aromatic nitrogens is 2. The van der Waals surface area contributed by atoms with Gasteiger partial charge in [0.2, 0.25) is 0 Å². The van der Waals surface area contributed by atoms with E-state index in [0.29, 0.717) is 11.4 Å². The standard InChI is InChI=1S/C17H13F3N2OS/c18-17(19,20)14-15(24-11-12-7-3-1-4-8-12)21-22(16(14)23)13-9-5-2-6-10-13/h1-10,21H,11H2. The predicted octanol–water partition coefficient (Wildman–Crippen LogP) is 4.48. The molecule has 0 aliphatic heterocycles. The average Bonchev–Trinajstić information content (AvgIpc) is 2.91. The molecule has 0 aliphatic carbocycles. The summed E-state index contributed by atoms with van der Waals surface area (Å²) in [5, 5.41) is 2.41. The minimum atomic E-state index is -4.72. The van der Waals surface area contributed by atoms with E-state index in [-0.39, 0.29) is 5.03 Å². The molecular weight excluding hydrogens is 337 g/mol. The molecular formula is C17H13F3N2OS. The fourth-order valence-electron chi connectivity index (χ4n) is 2.26. The van der Waals surface area contributed by atoms with E-state index in [0.717, 1.165) is 22.0 Å². The molecule has 0 aliphatic rings. The van der Waals surface area contributed by atoms with Crippen molar-refractivity contribution in [2.75, 3.05) is 0 Å². The van der Waals surface area contributed by atoms with Gasteiger partial charge in [-0.2, -0.15) is 13.2 Å². The highest BCUT2D eigenvalue weighted by molar-refractivity contribution is 7.98. The number of alkyl halides is 3. The summed E-state index contributed by atoms with van der Waals surface area (Å²) in [5.74, 6) is 0.332. The first-order chi connectivity index (χ1) is 11.5. The molecule has 0 atom stereocenters. The van der Waals surface area contributed by atoms with Crippen molar-refractivity contribution in [3.8, 4) is 5.69 Å². The van der Waals surface area contributed by atoms with Crippen LogP contribution in [0.4, 0.5) is 13.2 Å². The Hall–Kier alpha value is -2.41. The smallest absolute Gasteiger partial charge is 0.284 e. The van der Waals surface area contributed by atoms with Gasteiger partial charge in [0.25, 0.3) is 5.56 Å². The van der Waals surface area contributed by atoms with E-state index >= 15 is 0 Å². The SMILES string of the molecule is O=c1c(C(F)(F)F)c(SCc2ccccc2)[nH]n1-c1ccccc1. The van der Waals surface area contributed by atoms with Crippen LogP contribution in [0.15, 0.2) is 70.5 Å². The van der Waals surface area contributed by atoms with Gasteiger partial charge in [0, 0.05) is 5.75 Å². The van der Waals surface area contributed by atoms with E-state index in [1.165, 1.54) is 0 Å². The van der Waals surface area contributed by atoms with Crippen LogP contribution in [-0.4, -0.2) is 9.78 Å². The number of thioether (sulfide) groups is 1. The Balaban J connectivity index is 2.00. The third kappa shape index (κ3) is 3.41. The molecule has 24 heavy (non-hydrogen) atoms. The second-order valence-electron chi connectivity index (χ2n) is 5.06. The van der Waals surface area contributed by atoms with Crippen molar-refractivity contribution in [3.05, 3.63) is 82.1 Å². The molecule has 0 radical (unpaired) electrons. The first-order valence-electron chi connectivity index (χ1n) is 7.11. The number of benzene rings is 2. The van der Waals surface area contributed by atoms with Gasteiger partial charge in [-0.15, -0.1) is 11.8 Å². The van der Waals surface area contributed by atoms with E-state index < -0.39 is 17.3 Å². The maximum absolute atomic E-state index is 13.3. The summed E-state index contributed by atoms with van der Waals surface area (Å²) in [6.07, 6.45) is -4.72. The molecule has 3 aromatic rings. The molecule has 0 fully saturated rings. The Morgan fingerprint density at radius 3 is 2.12 bits per heavy atom. The minimum absolute atomic E-state index is 0.180. The van der Waals surface area contributed by atoms with Gasteiger partial charge < -0.3 is 0 Å². The van der Waals surface area contributed by atoms with Crippen LogP contribution in [-0.2, 0) is 11.9 Å². The Labute approximate surface area is 140 Å². The topological polar surface area (TPSA) is 37.8 Å². The van der Waals surface area contributed by atoms with Crippen LogP contribution in [0.5, 0.6) is 0 Å². The Morgan fingerprint density at radius 2 is 1.54 bits per heavy atom. The van der Waals surface area contributed by atoms with Gasteiger partial charge >= 0.3 is 6.18 Å². The summed E-state index contributed by atoms with van der Waals surface area (Å²) in [5.41, 5.74) is -1.01. The maximum atomic E-state index is 13.3. The number of hydrogen-bond acceptors (Lipinski definition) is 2. The van der Waals surface area contributed by atoms with Gasteiger partial charge in [-0.1, -0.05) is 48.5 Å². The summed E-state index contributed by atoms with van der Waals surface area (Å²) in [7, 11) is 0. The third-order valence-electron chi connectivity index (χ3n) is 3.38. The Bertz CT molecular complexity index is 870. The second-order valence-corrected chi connectivity index (χ2v) is 6.05. The van der Waals surface area contributed by atoms with Gasteiger partial charge in [0.15, 0.2) is 5.56 Å². The van der Waals surface area contributed by atoms with E-state index in [9.17, 15) is 18.0 Å².